The molecule has 0 fully saturated rings. The number of hydrogen-bond donors (Lipinski definition) is 1. The fourth-order valence-electron chi connectivity index (χ4n) is 2.40. The number of hydrogen-bond acceptors (Lipinski definition) is 2. The van der Waals surface area contributed by atoms with Crippen LogP contribution in [0, 0.1) is 5.92 Å². The fraction of sp³-hybridized carbons (Fsp3) is 0.625. The second-order valence-electron chi connectivity index (χ2n) is 7.26. The summed E-state index contributed by atoms with van der Waals surface area (Å²) in [7, 11) is -1.66. The van der Waals surface area contributed by atoms with Gasteiger partial charge in [0, 0.05) is 18.6 Å². The van der Waals surface area contributed by atoms with Crippen molar-refractivity contribution in [3.63, 3.8) is 0 Å². The molecule has 0 aromatic heterocycles. The fourth-order valence-corrected chi connectivity index (χ4v) is 3.47. The molecule has 106 valence electrons. The molecule has 0 bridgehead atoms. The van der Waals surface area contributed by atoms with Gasteiger partial charge in [0.05, 0.1) is 0 Å². The molecule has 0 unspecified atom stereocenters. The van der Waals surface area contributed by atoms with Gasteiger partial charge in [0.25, 0.3) is 0 Å². The first-order valence-electron chi connectivity index (χ1n) is 7.20. The van der Waals surface area contributed by atoms with Crippen molar-refractivity contribution in [2.45, 2.75) is 51.4 Å². The van der Waals surface area contributed by atoms with Crippen molar-refractivity contribution in [1.82, 2.24) is 0 Å². The number of rotatable bonds is 3. The SMILES string of the molecule is CC(C)(C)[Si](C)(C)OC[C@H]1Cc2ccccc2[C@@H]1N. The summed E-state index contributed by atoms with van der Waals surface area (Å²) >= 11 is 0. The van der Waals surface area contributed by atoms with Crippen LogP contribution in [0.2, 0.25) is 18.1 Å². The van der Waals surface area contributed by atoms with Crippen LogP contribution in [-0.4, -0.2) is 14.9 Å². The van der Waals surface area contributed by atoms with Crippen LogP contribution in [-0.2, 0) is 10.8 Å². The summed E-state index contributed by atoms with van der Waals surface area (Å²) < 4.78 is 6.34. The molecule has 1 aromatic rings. The Labute approximate surface area is 118 Å². The van der Waals surface area contributed by atoms with Gasteiger partial charge in [-0.2, -0.15) is 0 Å². The lowest BCUT2D eigenvalue weighted by atomic mass is 10.0. The number of nitrogens with two attached hydrogens (primary N) is 1. The average molecular weight is 277 g/mol. The van der Waals surface area contributed by atoms with Crippen molar-refractivity contribution in [2.24, 2.45) is 11.7 Å². The van der Waals surface area contributed by atoms with Crippen molar-refractivity contribution < 1.29 is 4.43 Å². The summed E-state index contributed by atoms with van der Waals surface area (Å²) in [4.78, 5) is 0. The predicted molar refractivity (Wildman–Crippen MR) is 83.7 cm³/mol. The van der Waals surface area contributed by atoms with Crippen molar-refractivity contribution in [3.8, 4) is 0 Å². The molecule has 1 aromatic carbocycles. The van der Waals surface area contributed by atoms with Crippen LogP contribution in [0.15, 0.2) is 24.3 Å². The first-order chi connectivity index (χ1) is 8.72. The Bertz CT molecular complexity index is 450. The van der Waals surface area contributed by atoms with Gasteiger partial charge in [0.1, 0.15) is 0 Å². The van der Waals surface area contributed by atoms with E-state index in [9.17, 15) is 0 Å². The van der Waals surface area contributed by atoms with E-state index >= 15 is 0 Å². The second-order valence-corrected chi connectivity index (χ2v) is 12.1. The van der Waals surface area contributed by atoms with Crippen LogP contribution in [0.3, 0.4) is 0 Å². The van der Waals surface area contributed by atoms with Crippen molar-refractivity contribution >= 4 is 8.32 Å². The highest BCUT2D eigenvalue weighted by Gasteiger charge is 2.39. The smallest absolute Gasteiger partial charge is 0.191 e. The largest absolute Gasteiger partial charge is 0.416 e. The lowest BCUT2D eigenvalue weighted by Gasteiger charge is -2.37. The highest BCUT2D eigenvalue weighted by Crippen LogP contribution is 2.39. The molecule has 1 aliphatic carbocycles. The summed E-state index contributed by atoms with van der Waals surface area (Å²) in [5.41, 5.74) is 9.08. The zero-order chi connectivity index (χ0) is 14.3. The first kappa shape index (κ1) is 14.8. The molecule has 0 amide bonds. The van der Waals surface area contributed by atoms with Gasteiger partial charge in [-0.05, 0) is 35.7 Å². The van der Waals surface area contributed by atoms with Crippen LogP contribution in [0.5, 0.6) is 0 Å². The Hall–Kier alpha value is -0.643. The van der Waals surface area contributed by atoms with E-state index in [0.29, 0.717) is 5.92 Å². The predicted octanol–water partition coefficient (Wildman–Crippen LogP) is 3.88. The van der Waals surface area contributed by atoms with E-state index in [1.807, 2.05) is 0 Å². The van der Waals surface area contributed by atoms with E-state index in [1.54, 1.807) is 0 Å². The molecular formula is C16H27NOSi. The molecule has 2 nitrogen and oxygen atoms in total. The van der Waals surface area contributed by atoms with Gasteiger partial charge in [-0.3, -0.25) is 0 Å². The Kier molecular flexibility index (Phi) is 3.91. The van der Waals surface area contributed by atoms with E-state index < -0.39 is 8.32 Å². The van der Waals surface area contributed by atoms with Gasteiger partial charge in [0.2, 0.25) is 0 Å². The minimum absolute atomic E-state index is 0.140. The quantitative estimate of drug-likeness (QED) is 0.851. The maximum Gasteiger partial charge on any atom is 0.191 e. The summed E-state index contributed by atoms with van der Waals surface area (Å²) in [6, 6.07) is 8.67. The molecule has 2 N–H and O–H groups in total. The normalized spacial score (nSPS) is 23.5. The Morgan fingerprint density at radius 2 is 1.89 bits per heavy atom. The van der Waals surface area contributed by atoms with Gasteiger partial charge in [-0.1, -0.05) is 45.0 Å². The zero-order valence-electron chi connectivity index (χ0n) is 12.9. The molecule has 0 spiro atoms. The zero-order valence-corrected chi connectivity index (χ0v) is 13.9. The molecule has 3 heteroatoms. The summed E-state index contributed by atoms with van der Waals surface area (Å²) in [6.07, 6.45) is 1.06. The lowest BCUT2D eigenvalue weighted by Crippen LogP contribution is -2.42. The van der Waals surface area contributed by atoms with E-state index in [4.69, 9.17) is 10.2 Å². The van der Waals surface area contributed by atoms with Gasteiger partial charge < -0.3 is 10.2 Å². The number of benzene rings is 1. The molecule has 0 aliphatic heterocycles. The van der Waals surface area contributed by atoms with E-state index in [2.05, 4.69) is 58.1 Å². The third-order valence-electron chi connectivity index (χ3n) is 4.87. The van der Waals surface area contributed by atoms with E-state index in [1.165, 1.54) is 11.1 Å². The van der Waals surface area contributed by atoms with Crippen molar-refractivity contribution in [1.29, 1.82) is 0 Å². The minimum atomic E-state index is -1.66. The van der Waals surface area contributed by atoms with Crippen LogP contribution >= 0.6 is 0 Å². The molecule has 0 radical (unpaired) electrons. The molecule has 2 atom stereocenters. The standard InChI is InChI=1S/C16H27NOSi/c1-16(2,3)19(4,5)18-11-13-10-12-8-6-7-9-14(12)15(13)17/h6-9,13,15H,10-11,17H2,1-5H3/t13-,15-/m1/s1. The molecule has 19 heavy (non-hydrogen) atoms. The molecular weight excluding hydrogens is 250 g/mol. The third kappa shape index (κ3) is 2.93. The van der Waals surface area contributed by atoms with Crippen molar-refractivity contribution in [2.75, 3.05) is 6.61 Å². The Morgan fingerprint density at radius 3 is 2.47 bits per heavy atom. The lowest BCUT2D eigenvalue weighted by molar-refractivity contribution is 0.215. The van der Waals surface area contributed by atoms with E-state index in [0.717, 1.165) is 13.0 Å². The molecule has 0 saturated heterocycles. The Balaban J connectivity index is 2.00. The third-order valence-corrected chi connectivity index (χ3v) is 9.37. The van der Waals surface area contributed by atoms with Crippen LogP contribution in [0.1, 0.15) is 37.9 Å². The van der Waals surface area contributed by atoms with Crippen LogP contribution < -0.4 is 5.73 Å². The first-order valence-corrected chi connectivity index (χ1v) is 10.1. The van der Waals surface area contributed by atoms with Gasteiger partial charge in [-0.25, -0.2) is 0 Å². The Morgan fingerprint density at radius 1 is 1.26 bits per heavy atom. The number of fused-ring (bicyclic) bond motifs is 1. The average Bonchev–Trinajstić information content (AvgIpc) is 2.63. The van der Waals surface area contributed by atoms with Gasteiger partial charge >= 0.3 is 0 Å². The molecule has 0 saturated carbocycles. The van der Waals surface area contributed by atoms with E-state index in [-0.39, 0.29) is 11.1 Å². The maximum absolute atomic E-state index is 6.36. The van der Waals surface area contributed by atoms with Crippen LogP contribution in [0.4, 0.5) is 0 Å². The van der Waals surface area contributed by atoms with Gasteiger partial charge in [0.15, 0.2) is 8.32 Å². The minimum Gasteiger partial charge on any atom is -0.416 e. The summed E-state index contributed by atoms with van der Waals surface area (Å²) in [5, 5.41) is 0.266. The van der Waals surface area contributed by atoms with Gasteiger partial charge in [-0.15, -0.1) is 0 Å². The molecule has 0 heterocycles. The summed E-state index contributed by atoms with van der Waals surface area (Å²) in [5.74, 6) is 0.437. The highest BCUT2D eigenvalue weighted by molar-refractivity contribution is 6.74. The summed E-state index contributed by atoms with van der Waals surface area (Å²) in [6.45, 7) is 12.3. The monoisotopic (exact) mass is 277 g/mol. The maximum atomic E-state index is 6.36. The topological polar surface area (TPSA) is 35.2 Å². The molecule has 2 rings (SSSR count). The van der Waals surface area contributed by atoms with Crippen LogP contribution in [0.25, 0.3) is 0 Å². The molecule has 1 aliphatic rings. The van der Waals surface area contributed by atoms with Crippen molar-refractivity contribution in [3.05, 3.63) is 35.4 Å². The second kappa shape index (κ2) is 5.04. The highest BCUT2D eigenvalue weighted by atomic mass is 28.4.